The van der Waals surface area contributed by atoms with E-state index in [2.05, 4.69) is 10.2 Å². The second-order valence-electron chi connectivity index (χ2n) is 6.81. The highest BCUT2D eigenvalue weighted by molar-refractivity contribution is 6.35. The number of carbonyl (C=O) groups excluding carboxylic acids is 2. The van der Waals surface area contributed by atoms with Crippen molar-refractivity contribution in [1.82, 2.24) is 9.80 Å². The Morgan fingerprint density at radius 2 is 1.68 bits per heavy atom. The van der Waals surface area contributed by atoms with Gasteiger partial charge in [0.05, 0.1) is 6.54 Å². The first-order valence-corrected chi connectivity index (χ1v) is 10.1. The maximum atomic E-state index is 12.5. The van der Waals surface area contributed by atoms with Gasteiger partial charge in [-0.15, -0.1) is 0 Å². The van der Waals surface area contributed by atoms with Gasteiger partial charge >= 0.3 is 0 Å². The van der Waals surface area contributed by atoms with Crippen molar-refractivity contribution in [3.05, 3.63) is 64.1 Å². The van der Waals surface area contributed by atoms with Crippen LogP contribution in [0.1, 0.15) is 12.0 Å². The van der Waals surface area contributed by atoms with Gasteiger partial charge in [-0.25, -0.2) is 0 Å². The van der Waals surface area contributed by atoms with Gasteiger partial charge in [-0.3, -0.25) is 14.5 Å². The normalized spacial score (nSPS) is 14.7. The van der Waals surface area contributed by atoms with Crippen LogP contribution in [0.4, 0.5) is 5.69 Å². The molecule has 0 bridgehead atoms. The molecule has 1 saturated heterocycles. The molecule has 0 spiro atoms. The average molecular weight is 420 g/mol. The molecule has 0 aliphatic carbocycles. The molecule has 0 saturated carbocycles. The van der Waals surface area contributed by atoms with Crippen LogP contribution in [0.25, 0.3) is 0 Å². The molecule has 2 aromatic carbocycles. The number of nitrogens with zero attached hydrogens (tertiary/aromatic N) is 2. The van der Waals surface area contributed by atoms with Gasteiger partial charge in [0.1, 0.15) is 0 Å². The Hall–Kier alpha value is -2.08. The van der Waals surface area contributed by atoms with Crippen LogP contribution < -0.4 is 5.32 Å². The number of amides is 2. The fourth-order valence-corrected chi connectivity index (χ4v) is 3.71. The van der Waals surface area contributed by atoms with E-state index in [-0.39, 0.29) is 11.8 Å². The molecule has 1 aliphatic rings. The molecule has 1 heterocycles. The van der Waals surface area contributed by atoms with E-state index in [1.807, 2.05) is 41.3 Å². The number of anilines is 1. The Kier molecular flexibility index (Phi) is 7.31. The van der Waals surface area contributed by atoms with Crippen LogP contribution in [0.15, 0.2) is 48.5 Å². The third-order valence-electron chi connectivity index (χ3n) is 4.77. The van der Waals surface area contributed by atoms with Crippen LogP contribution >= 0.6 is 23.2 Å². The number of para-hydroxylation sites is 1. The van der Waals surface area contributed by atoms with E-state index >= 15 is 0 Å². The number of nitrogens with one attached hydrogen (secondary N) is 1. The molecule has 0 unspecified atom stereocenters. The van der Waals surface area contributed by atoms with Crippen LogP contribution in [-0.4, -0.2) is 54.3 Å². The zero-order chi connectivity index (χ0) is 19.9. The van der Waals surface area contributed by atoms with Crippen molar-refractivity contribution in [2.24, 2.45) is 0 Å². The third-order valence-corrected chi connectivity index (χ3v) is 5.36. The summed E-state index contributed by atoms with van der Waals surface area (Å²) in [5.74, 6) is 0.0720. The number of hydrogen-bond acceptors (Lipinski definition) is 3. The minimum absolute atomic E-state index is 0.0386. The fraction of sp³-hybridized carbons (Fsp3) is 0.333. The summed E-state index contributed by atoms with van der Waals surface area (Å²) in [6.07, 6.45) is 1.00. The lowest BCUT2D eigenvalue weighted by Crippen LogP contribution is -2.50. The molecule has 28 heavy (non-hydrogen) atoms. The van der Waals surface area contributed by atoms with Crippen LogP contribution in [0.2, 0.25) is 10.0 Å². The minimum atomic E-state index is -0.0386. The lowest BCUT2D eigenvalue weighted by molar-refractivity contribution is -0.133. The van der Waals surface area contributed by atoms with Gasteiger partial charge < -0.3 is 10.2 Å². The SMILES string of the molecule is O=C(CN1CCN(C(=O)CCc2ccc(Cl)cc2Cl)CC1)Nc1ccccc1. The van der Waals surface area contributed by atoms with Gasteiger partial charge in [0.25, 0.3) is 0 Å². The summed E-state index contributed by atoms with van der Waals surface area (Å²) in [7, 11) is 0. The Labute approximate surface area is 175 Å². The summed E-state index contributed by atoms with van der Waals surface area (Å²) in [6, 6.07) is 14.8. The minimum Gasteiger partial charge on any atom is -0.340 e. The molecule has 2 aromatic rings. The lowest BCUT2D eigenvalue weighted by Gasteiger charge is -2.34. The molecule has 5 nitrogen and oxygen atoms in total. The number of halogens is 2. The van der Waals surface area contributed by atoms with Crippen LogP contribution in [-0.2, 0) is 16.0 Å². The molecular formula is C21H23Cl2N3O2. The van der Waals surface area contributed by atoms with Gasteiger partial charge in [0.2, 0.25) is 11.8 Å². The molecule has 0 atom stereocenters. The van der Waals surface area contributed by atoms with Gasteiger partial charge in [0, 0.05) is 48.3 Å². The average Bonchev–Trinajstić information content (AvgIpc) is 2.68. The smallest absolute Gasteiger partial charge is 0.238 e. The maximum Gasteiger partial charge on any atom is 0.238 e. The van der Waals surface area contributed by atoms with E-state index in [4.69, 9.17) is 23.2 Å². The van der Waals surface area contributed by atoms with Gasteiger partial charge in [-0.1, -0.05) is 47.5 Å². The standard InChI is InChI=1S/C21H23Cl2N3O2/c22-17-8-6-16(19(23)14-17)7-9-21(28)26-12-10-25(11-13-26)15-20(27)24-18-4-2-1-3-5-18/h1-6,8,14H,7,9-13,15H2,(H,24,27). The monoisotopic (exact) mass is 419 g/mol. The van der Waals surface area contributed by atoms with E-state index in [1.165, 1.54) is 0 Å². The number of benzene rings is 2. The zero-order valence-electron chi connectivity index (χ0n) is 15.5. The summed E-state index contributed by atoms with van der Waals surface area (Å²) in [4.78, 5) is 28.6. The molecule has 1 aliphatic heterocycles. The predicted molar refractivity (Wildman–Crippen MR) is 113 cm³/mol. The molecule has 1 N–H and O–H groups in total. The van der Waals surface area contributed by atoms with Crippen molar-refractivity contribution >= 4 is 40.7 Å². The highest BCUT2D eigenvalue weighted by Crippen LogP contribution is 2.22. The van der Waals surface area contributed by atoms with Crippen LogP contribution in [0.3, 0.4) is 0 Å². The number of carbonyl (C=O) groups is 2. The van der Waals surface area contributed by atoms with E-state index in [0.29, 0.717) is 55.6 Å². The van der Waals surface area contributed by atoms with E-state index in [9.17, 15) is 9.59 Å². The molecule has 7 heteroatoms. The van der Waals surface area contributed by atoms with Crippen molar-refractivity contribution in [3.8, 4) is 0 Å². The molecule has 0 radical (unpaired) electrons. The highest BCUT2D eigenvalue weighted by atomic mass is 35.5. The van der Waals surface area contributed by atoms with Crippen molar-refractivity contribution in [2.45, 2.75) is 12.8 Å². The second-order valence-corrected chi connectivity index (χ2v) is 7.65. The maximum absolute atomic E-state index is 12.5. The Bertz CT molecular complexity index is 822. The van der Waals surface area contributed by atoms with Gasteiger partial charge in [0.15, 0.2) is 0 Å². The number of hydrogen-bond donors (Lipinski definition) is 1. The van der Waals surface area contributed by atoms with Crippen molar-refractivity contribution in [1.29, 1.82) is 0 Å². The number of rotatable bonds is 6. The Morgan fingerprint density at radius 1 is 0.964 bits per heavy atom. The van der Waals surface area contributed by atoms with Crippen molar-refractivity contribution in [2.75, 3.05) is 38.0 Å². The van der Waals surface area contributed by atoms with Crippen molar-refractivity contribution < 1.29 is 9.59 Å². The van der Waals surface area contributed by atoms with E-state index < -0.39 is 0 Å². The first-order valence-electron chi connectivity index (χ1n) is 9.30. The first kappa shape index (κ1) is 20.6. The van der Waals surface area contributed by atoms with Crippen LogP contribution in [0, 0.1) is 0 Å². The zero-order valence-corrected chi connectivity index (χ0v) is 17.0. The quantitative estimate of drug-likeness (QED) is 0.776. The lowest BCUT2D eigenvalue weighted by atomic mass is 10.1. The van der Waals surface area contributed by atoms with Gasteiger partial charge in [-0.2, -0.15) is 0 Å². The largest absolute Gasteiger partial charge is 0.340 e. The van der Waals surface area contributed by atoms with Gasteiger partial charge in [-0.05, 0) is 36.2 Å². The summed E-state index contributed by atoms with van der Waals surface area (Å²) in [5.41, 5.74) is 1.72. The van der Waals surface area contributed by atoms with E-state index in [0.717, 1.165) is 11.3 Å². The number of piperazine rings is 1. The Balaban J connectivity index is 1.40. The molecule has 148 valence electrons. The predicted octanol–water partition coefficient (Wildman–Crippen LogP) is 3.71. The third kappa shape index (κ3) is 5.96. The summed E-state index contributed by atoms with van der Waals surface area (Å²) in [5, 5.41) is 4.07. The topological polar surface area (TPSA) is 52.7 Å². The first-order chi connectivity index (χ1) is 13.5. The number of aryl methyl sites for hydroxylation is 1. The summed E-state index contributed by atoms with van der Waals surface area (Å²) >= 11 is 12.1. The molecule has 3 rings (SSSR count). The fourth-order valence-electron chi connectivity index (χ4n) is 3.20. The second kappa shape index (κ2) is 9.92. The molecule has 2 amide bonds. The summed E-state index contributed by atoms with van der Waals surface area (Å²) < 4.78 is 0. The van der Waals surface area contributed by atoms with E-state index in [1.54, 1.807) is 12.1 Å². The van der Waals surface area contributed by atoms with Crippen LogP contribution in [0.5, 0.6) is 0 Å². The molecular weight excluding hydrogens is 397 g/mol. The molecule has 1 fully saturated rings. The summed E-state index contributed by atoms with van der Waals surface area (Å²) in [6.45, 7) is 2.97. The van der Waals surface area contributed by atoms with Crippen molar-refractivity contribution in [3.63, 3.8) is 0 Å². The Morgan fingerprint density at radius 3 is 2.36 bits per heavy atom. The molecule has 0 aromatic heterocycles. The highest BCUT2D eigenvalue weighted by Gasteiger charge is 2.22.